The first-order chi connectivity index (χ1) is 8.37. The van der Waals surface area contributed by atoms with Crippen LogP contribution in [0.2, 0.25) is 0 Å². The molecule has 1 aromatic carbocycles. The molecule has 0 aliphatic carbocycles. The Bertz CT molecular complexity index is 518. The second-order valence-corrected chi connectivity index (χ2v) is 6.68. The highest BCUT2D eigenvalue weighted by Crippen LogP contribution is 2.17. The number of halogens is 1. The van der Waals surface area contributed by atoms with Crippen molar-refractivity contribution in [2.24, 2.45) is 0 Å². The number of carbonyl (C=O) groups is 1. The van der Waals surface area contributed by atoms with Gasteiger partial charge in [0.05, 0.1) is 24.0 Å². The molecule has 0 spiro atoms. The number of sulfonamides is 1. The van der Waals surface area contributed by atoms with E-state index in [9.17, 15) is 13.2 Å². The first-order valence-corrected chi connectivity index (χ1v) is 7.68. The van der Waals surface area contributed by atoms with Gasteiger partial charge < -0.3 is 4.74 Å². The molecule has 0 saturated carbocycles. The molecule has 1 rings (SSSR count). The highest BCUT2D eigenvalue weighted by molar-refractivity contribution is 9.10. The van der Waals surface area contributed by atoms with Crippen LogP contribution in [0.1, 0.15) is 0 Å². The molecule has 18 heavy (non-hydrogen) atoms. The van der Waals surface area contributed by atoms with E-state index in [0.717, 1.165) is 8.89 Å². The largest absolute Gasteiger partial charge is 0.460 e. The van der Waals surface area contributed by atoms with Gasteiger partial charge in [0.1, 0.15) is 0 Å². The molecule has 0 atom stereocenters. The lowest BCUT2D eigenvalue weighted by molar-refractivity contribution is 0.200. The lowest BCUT2D eigenvalue weighted by Gasteiger charge is -2.16. The van der Waals surface area contributed by atoms with E-state index in [4.69, 9.17) is 0 Å². The second-order valence-electron chi connectivity index (χ2n) is 3.07. The minimum absolute atomic E-state index is 0.117. The molecule has 0 bridgehead atoms. The van der Waals surface area contributed by atoms with Gasteiger partial charge in [-0.3, -0.25) is 0 Å². The summed E-state index contributed by atoms with van der Waals surface area (Å²) in [5, 5.41) is -0.632. The Morgan fingerprint density at radius 2 is 1.94 bits per heavy atom. The number of benzene rings is 1. The van der Waals surface area contributed by atoms with Crippen LogP contribution in [0.4, 0.5) is 4.79 Å². The lowest BCUT2D eigenvalue weighted by atomic mass is 10.4. The number of carbonyl (C=O) groups excluding carboxylic acids is 1. The van der Waals surface area contributed by atoms with Gasteiger partial charge >= 0.3 is 5.30 Å². The van der Waals surface area contributed by atoms with Crippen LogP contribution >= 0.6 is 27.9 Å². The van der Waals surface area contributed by atoms with Gasteiger partial charge in [0, 0.05) is 11.5 Å². The molecule has 0 unspecified atom stereocenters. The van der Waals surface area contributed by atoms with Crippen LogP contribution in [-0.2, 0) is 14.8 Å². The standard InChI is InChI=1S/C9H11BrN2O4S2/c1-12(11-17-9(13)16-2)18(14,15)8-5-3-7(10)4-6-8/h3-6,11H,1-2H3. The SMILES string of the molecule is COC(=O)SNN(C)S(=O)(=O)c1ccc(Br)cc1. The number of rotatable bonds is 4. The van der Waals surface area contributed by atoms with Crippen LogP contribution < -0.4 is 4.83 Å². The van der Waals surface area contributed by atoms with Gasteiger partial charge in [-0.2, -0.15) is 4.83 Å². The maximum Gasteiger partial charge on any atom is 0.383 e. The van der Waals surface area contributed by atoms with Crippen molar-refractivity contribution < 1.29 is 17.9 Å². The molecule has 0 radical (unpaired) electrons. The third-order valence-corrected chi connectivity index (χ3v) is 4.92. The molecule has 0 heterocycles. The van der Waals surface area contributed by atoms with E-state index in [1.165, 1.54) is 26.3 Å². The summed E-state index contributed by atoms with van der Waals surface area (Å²) in [6, 6.07) is 6.16. The topological polar surface area (TPSA) is 75.7 Å². The van der Waals surface area contributed by atoms with Crippen molar-refractivity contribution in [2.75, 3.05) is 14.2 Å². The smallest absolute Gasteiger partial charge is 0.383 e. The summed E-state index contributed by atoms with van der Waals surface area (Å²) in [7, 11) is -1.18. The van der Waals surface area contributed by atoms with E-state index in [2.05, 4.69) is 25.5 Å². The molecule has 0 saturated heterocycles. The Morgan fingerprint density at radius 3 is 2.44 bits per heavy atom. The van der Waals surface area contributed by atoms with E-state index >= 15 is 0 Å². The Kier molecular flexibility index (Phi) is 5.60. The number of hydrazine groups is 1. The average molecular weight is 355 g/mol. The molecule has 1 aromatic rings. The van der Waals surface area contributed by atoms with Gasteiger partial charge in [-0.1, -0.05) is 15.9 Å². The lowest BCUT2D eigenvalue weighted by Crippen LogP contribution is -2.36. The number of nitrogens with one attached hydrogen (secondary N) is 1. The van der Waals surface area contributed by atoms with Crippen LogP contribution in [0.3, 0.4) is 0 Å². The van der Waals surface area contributed by atoms with Gasteiger partial charge in [0.15, 0.2) is 0 Å². The maximum atomic E-state index is 12.0. The van der Waals surface area contributed by atoms with Gasteiger partial charge in [-0.05, 0) is 24.3 Å². The predicted octanol–water partition coefficient (Wildman–Crippen LogP) is 1.99. The molecule has 0 aliphatic heterocycles. The van der Waals surface area contributed by atoms with Gasteiger partial charge in [0.2, 0.25) is 0 Å². The highest BCUT2D eigenvalue weighted by Gasteiger charge is 2.21. The van der Waals surface area contributed by atoms with E-state index in [-0.39, 0.29) is 4.90 Å². The summed E-state index contributed by atoms with van der Waals surface area (Å²) in [5.41, 5.74) is 0. The third-order valence-electron chi connectivity index (χ3n) is 1.90. The molecule has 100 valence electrons. The number of nitrogens with zero attached hydrogens (tertiary/aromatic N) is 1. The van der Waals surface area contributed by atoms with Crippen molar-refractivity contribution in [3.63, 3.8) is 0 Å². The van der Waals surface area contributed by atoms with Crippen molar-refractivity contribution in [1.29, 1.82) is 0 Å². The second kappa shape index (κ2) is 6.53. The average Bonchev–Trinajstić information content (AvgIpc) is 2.35. The Morgan fingerprint density at radius 1 is 1.39 bits per heavy atom. The van der Waals surface area contributed by atoms with Crippen molar-refractivity contribution in [2.45, 2.75) is 4.90 Å². The van der Waals surface area contributed by atoms with E-state index < -0.39 is 15.3 Å². The minimum Gasteiger partial charge on any atom is -0.460 e. The molecule has 0 aliphatic rings. The zero-order chi connectivity index (χ0) is 13.8. The minimum atomic E-state index is -3.69. The molecular weight excluding hydrogens is 344 g/mol. The molecule has 0 amide bonds. The number of hydrogen-bond donors (Lipinski definition) is 1. The third kappa shape index (κ3) is 3.95. The van der Waals surface area contributed by atoms with E-state index in [1.807, 2.05) is 0 Å². The van der Waals surface area contributed by atoms with Gasteiger partial charge in [-0.25, -0.2) is 13.2 Å². The zero-order valence-corrected chi connectivity index (χ0v) is 12.8. The fraction of sp³-hybridized carbons (Fsp3) is 0.222. The Labute approximate surface area is 118 Å². The monoisotopic (exact) mass is 354 g/mol. The number of methoxy groups -OCH3 is 1. The fourth-order valence-corrected chi connectivity index (χ4v) is 2.81. The normalized spacial score (nSPS) is 11.6. The predicted molar refractivity (Wildman–Crippen MR) is 72.2 cm³/mol. The quantitative estimate of drug-likeness (QED) is 0.506. The maximum absolute atomic E-state index is 12.0. The first-order valence-electron chi connectivity index (χ1n) is 4.63. The van der Waals surface area contributed by atoms with E-state index in [0.29, 0.717) is 11.9 Å². The number of hydrogen-bond acceptors (Lipinski definition) is 6. The summed E-state index contributed by atoms with van der Waals surface area (Å²) in [6.45, 7) is 0. The Hall–Kier alpha value is -0.610. The Balaban J connectivity index is 2.80. The van der Waals surface area contributed by atoms with Crippen LogP contribution in [0.15, 0.2) is 33.6 Å². The van der Waals surface area contributed by atoms with Crippen LogP contribution in [0.25, 0.3) is 0 Å². The van der Waals surface area contributed by atoms with Gasteiger partial charge in [0.25, 0.3) is 10.0 Å². The molecular formula is C9H11BrN2O4S2. The molecule has 0 aromatic heterocycles. The highest BCUT2D eigenvalue weighted by atomic mass is 79.9. The van der Waals surface area contributed by atoms with E-state index in [1.54, 1.807) is 12.1 Å². The van der Waals surface area contributed by atoms with Crippen molar-refractivity contribution >= 4 is 43.2 Å². The summed E-state index contributed by atoms with van der Waals surface area (Å²) < 4.78 is 30.0. The van der Waals surface area contributed by atoms with Crippen molar-refractivity contribution in [3.05, 3.63) is 28.7 Å². The molecule has 6 nitrogen and oxygen atoms in total. The van der Waals surface area contributed by atoms with Crippen LogP contribution in [-0.4, -0.2) is 32.3 Å². The van der Waals surface area contributed by atoms with Crippen LogP contribution in [0, 0.1) is 0 Å². The molecule has 1 N–H and O–H groups in total. The molecule has 0 fully saturated rings. The van der Waals surface area contributed by atoms with Crippen molar-refractivity contribution in [1.82, 2.24) is 9.25 Å². The summed E-state index contributed by atoms with van der Waals surface area (Å²) >= 11 is 3.75. The summed E-state index contributed by atoms with van der Waals surface area (Å²) in [5.74, 6) is 0. The molecule has 9 heteroatoms. The van der Waals surface area contributed by atoms with Crippen LogP contribution in [0.5, 0.6) is 0 Å². The van der Waals surface area contributed by atoms with Crippen molar-refractivity contribution in [3.8, 4) is 0 Å². The van der Waals surface area contributed by atoms with Gasteiger partial charge in [-0.15, -0.1) is 4.41 Å². The number of ether oxygens (including phenoxy) is 1. The zero-order valence-electron chi connectivity index (χ0n) is 9.58. The first kappa shape index (κ1) is 15.4. The fourth-order valence-electron chi connectivity index (χ4n) is 0.957. The summed E-state index contributed by atoms with van der Waals surface area (Å²) in [6.07, 6.45) is 0. The summed E-state index contributed by atoms with van der Waals surface area (Å²) in [4.78, 5) is 13.4.